The van der Waals surface area contributed by atoms with E-state index >= 15 is 0 Å². The number of nitrogens with zero attached hydrogens (tertiary/aromatic N) is 1. The van der Waals surface area contributed by atoms with Crippen molar-refractivity contribution in [3.63, 3.8) is 0 Å². The smallest absolute Gasteiger partial charge is 0.282 e. The number of likely N-dealkylation sites (N-methyl/N-ethyl adjacent to an activating group) is 1. The van der Waals surface area contributed by atoms with Crippen LogP contribution in [0.2, 0.25) is 0 Å². The van der Waals surface area contributed by atoms with E-state index in [0.29, 0.717) is 0 Å². The van der Waals surface area contributed by atoms with Crippen LogP contribution in [0.5, 0.6) is 0 Å². The van der Waals surface area contributed by atoms with E-state index in [1.54, 1.807) is 0 Å². The lowest BCUT2D eigenvalue weighted by Gasteiger charge is -2.18. The van der Waals surface area contributed by atoms with Crippen LogP contribution in [0.4, 0.5) is 4.79 Å². The molecule has 0 spiro atoms. The molecule has 3 heteroatoms. The summed E-state index contributed by atoms with van der Waals surface area (Å²) >= 11 is 1.42. The van der Waals surface area contributed by atoms with E-state index in [-0.39, 0.29) is 16.5 Å². The molecule has 0 unspecified atom stereocenters. The zero-order valence-corrected chi connectivity index (χ0v) is 9.12. The molecule has 1 aliphatic rings. The molecule has 74 valence electrons. The van der Waals surface area contributed by atoms with Gasteiger partial charge in [-0.15, -0.1) is 0 Å². The molecule has 1 aromatic carbocycles. The topological polar surface area (TPSA) is 20.3 Å². The monoisotopic (exact) mass is 207 g/mol. The van der Waals surface area contributed by atoms with Crippen LogP contribution in [-0.2, 0) is 0 Å². The van der Waals surface area contributed by atoms with E-state index in [1.165, 1.54) is 17.3 Å². The van der Waals surface area contributed by atoms with Crippen LogP contribution in [0.25, 0.3) is 0 Å². The molecule has 1 aromatic rings. The first-order valence-corrected chi connectivity index (χ1v) is 5.56. The fourth-order valence-electron chi connectivity index (χ4n) is 1.65. The Hall–Kier alpha value is -0.960. The Morgan fingerprint density at radius 1 is 1.29 bits per heavy atom. The van der Waals surface area contributed by atoms with E-state index < -0.39 is 0 Å². The van der Waals surface area contributed by atoms with Gasteiger partial charge in [-0.3, -0.25) is 4.79 Å². The van der Waals surface area contributed by atoms with Crippen molar-refractivity contribution in [1.29, 1.82) is 0 Å². The number of benzene rings is 1. The van der Waals surface area contributed by atoms with Crippen LogP contribution in [0.3, 0.4) is 0 Å². The molecule has 2 nitrogen and oxygen atoms in total. The van der Waals surface area contributed by atoms with E-state index in [4.69, 9.17) is 0 Å². The zero-order chi connectivity index (χ0) is 10.1. The number of carbonyl (C=O) groups is 1. The maximum Gasteiger partial charge on any atom is 0.282 e. The Balaban J connectivity index is 2.26. The number of rotatable bonds is 1. The van der Waals surface area contributed by atoms with Gasteiger partial charge < -0.3 is 4.90 Å². The summed E-state index contributed by atoms with van der Waals surface area (Å²) in [4.78, 5) is 13.3. The molecule has 0 N–H and O–H groups in total. The van der Waals surface area contributed by atoms with Gasteiger partial charge in [0.1, 0.15) is 0 Å². The molecule has 1 fully saturated rings. The van der Waals surface area contributed by atoms with Crippen LogP contribution in [0, 0.1) is 0 Å². The van der Waals surface area contributed by atoms with Gasteiger partial charge in [0.25, 0.3) is 5.24 Å². The summed E-state index contributed by atoms with van der Waals surface area (Å²) in [5.74, 6) is 0. The summed E-state index contributed by atoms with van der Waals surface area (Å²) in [5, 5.41) is 0.458. The molecule has 0 aromatic heterocycles. The van der Waals surface area contributed by atoms with Gasteiger partial charge in [0.2, 0.25) is 0 Å². The van der Waals surface area contributed by atoms with E-state index in [0.717, 1.165) is 0 Å². The highest BCUT2D eigenvalue weighted by atomic mass is 32.2. The highest BCUT2D eigenvalue weighted by Gasteiger charge is 2.35. The number of hydrogen-bond acceptors (Lipinski definition) is 2. The minimum Gasteiger partial charge on any atom is -0.332 e. The van der Waals surface area contributed by atoms with Crippen molar-refractivity contribution in [3.8, 4) is 0 Å². The summed E-state index contributed by atoms with van der Waals surface area (Å²) in [7, 11) is 1.86. The molecule has 2 atom stereocenters. The van der Waals surface area contributed by atoms with Gasteiger partial charge in [-0.2, -0.15) is 0 Å². The van der Waals surface area contributed by atoms with Crippen LogP contribution < -0.4 is 0 Å². The van der Waals surface area contributed by atoms with Gasteiger partial charge in [0, 0.05) is 13.1 Å². The van der Waals surface area contributed by atoms with Gasteiger partial charge >= 0.3 is 0 Å². The second kappa shape index (κ2) is 3.65. The van der Waals surface area contributed by atoms with E-state index in [2.05, 4.69) is 19.1 Å². The molecular formula is C11H13NOS. The predicted molar refractivity (Wildman–Crippen MR) is 59.4 cm³/mol. The minimum atomic E-state index is 0.173. The molecule has 0 saturated carbocycles. The Morgan fingerprint density at radius 3 is 2.43 bits per heavy atom. The van der Waals surface area contributed by atoms with Gasteiger partial charge in [0.15, 0.2) is 0 Å². The number of carbonyl (C=O) groups excluding carboxylic acids is 1. The third-order valence-electron chi connectivity index (χ3n) is 2.69. The standard InChI is InChI=1S/C11H13NOS/c1-8-10(14-11(13)12(8)2)9-6-4-3-5-7-9/h3-8,10H,1-2H3/t8-,10+/m1/s1. The van der Waals surface area contributed by atoms with Crippen molar-refractivity contribution in [2.75, 3.05) is 7.05 Å². The van der Waals surface area contributed by atoms with Crippen LogP contribution >= 0.6 is 11.8 Å². The van der Waals surface area contributed by atoms with Crippen molar-refractivity contribution >= 4 is 17.0 Å². The van der Waals surface area contributed by atoms with Gasteiger partial charge in [0.05, 0.1) is 5.25 Å². The Kier molecular flexibility index (Phi) is 2.50. The highest BCUT2D eigenvalue weighted by molar-refractivity contribution is 8.14. The number of amides is 1. The van der Waals surface area contributed by atoms with Crippen LogP contribution in [-0.4, -0.2) is 23.2 Å². The quantitative estimate of drug-likeness (QED) is 0.705. The normalized spacial score (nSPS) is 27.0. The molecule has 1 saturated heterocycles. The van der Waals surface area contributed by atoms with Crippen molar-refractivity contribution in [2.45, 2.75) is 18.2 Å². The summed E-state index contributed by atoms with van der Waals surface area (Å²) < 4.78 is 0. The van der Waals surface area contributed by atoms with Crippen LogP contribution in [0.1, 0.15) is 17.7 Å². The first kappa shape index (κ1) is 9.59. The first-order valence-electron chi connectivity index (χ1n) is 4.68. The lowest BCUT2D eigenvalue weighted by molar-refractivity contribution is 0.225. The fraction of sp³-hybridized carbons (Fsp3) is 0.364. The SMILES string of the molecule is C[C@@H]1[C@@H](c2ccccc2)SC(=O)N1C. The molecular weight excluding hydrogens is 194 g/mol. The highest BCUT2D eigenvalue weighted by Crippen LogP contribution is 2.41. The Bertz CT molecular complexity index is 338. The molecule has 0 bridgehead atoms. The van der Waals surface area contributed by atoms with E-state index in [9.17, 15) is 4.79 Å². The van der Waals surface area contributed by atoms with E-state index in [1.807, 2.05) is 30.1 Å². The fourth-order valence-corrected chi connectivity index (χ4v) is 2.87. The zero-order valence-electron chi connectivity index (χ0n) is 8.31. The average Bonchev–Trinajstić information content (AvgIpc) is 2.47. The number of thioether (sulfide) groups is 1. The summed E-state index contributed by atoms with van der Waals surface area (Å²) in [6, 6.07) is 10.5. The molecule has 0 aliphatic carbocycles. The third-order valence-corrected chi connectivity index (χ3v) is 4.10. The third kappa shape index (κ3) is 1.52. The molecule has 1 heterocycles. The molecule has 1 aliphatic heterocycles. The number of hydrogen-bond donors (Lipinski definition) is 0. The summed E-state index contributed by atoms with van der Waals surface area (Å²) in [6.07, 6.45) is 0. The lowest BCUT2D eigenvalue weighted by atomic mass is 10.1. The maximum atomic E-state index is 11.5. The molecule has 14 heavy (non-hydrogen) atoms. The molecule has 1 amide bonds. The van der Waals surface area contributed by atoms with Crippen molar-refractivity contribution in [3.05, 3.63) is 35.9 Å². The van der Waals surface area contributed by atoms with Gasteiger partial charge in [-0.25, -0.2) is 0 Å². The second-order valence-electron chi connectivity index (χ2n) is 3.57. The lowest BCUT2D eigenvalue weighted by Crippen LogP contribution is -2.27. The molecule has 2 rings (SSSR count). The largest absolute Gasteiger partial charge is 0.332 e. The molecule has 0 radical (unpaired) electrons. The van der Waals surface area contributed by atoms with Gasteiger partial charge in [-0.05, 0) is 12.5 Å². The maximum absolute atomic E-state index is 11.5. The first-order chi connectivity index (χ1) is 6.70. The summed E-state index contributed by atoms with van der Waals surface area (Å²) in [6.45, 7) is 2.09. The van der Waals surface area contributed by atoms with Crippen molar-refractivity contribution < 1.29 is 4.79 Å². The van der Waals surface area contributed by atoms with Crippen molar-refractivity contribution in [2.24, 2.45) is 0 Å². The Morgan fingerprint density at radius 2 is 1.93 bits per heavy atom. The summed E-state index contributed by atoms with van der Waals surface area (Å²) in [5.41, 5.74) is 1.24. The van der Waals surface area contributed by atoms with Gasteiger partial charge in [-0.1, -0.05) is 42.1 Å². The minimum absolute atomic E-state index is 0.173. The van der Waals surface area contributed by atoms with Crippen LogP contribution in [0.15, 0.2) is 30.3 Å². The van der Waals surface area contributed by atoms with Crippen molar-refractivity contribution in [1.82, 2.24) is 4.90 Å². The Labute approximate surface area is 88.3 Å². The second-order valence-corrected chi connectivity index (χ2v) is 4.66. The predicted octanol–water partition coefficient (Wildman–Crippen LogP) is 2.91. The average molecular weight is 207 g/mol.